The molecule has 17 nitrogen and oxygen atoms in total. The molecule has 10 rings (SSSR count). The molecule has 5 aromatic rings. The molecule has 1 unspecified atom stereocenters. The van der Waals surface area contributed by atoms with Crippen LogP contribution in [0.3, 0.4) is 0 Å². The molecule has 0 spiro atoms. The summed E-state index contributed by atoms with van der Waals surface area (Å²) in [4.78, 5) is 60.5. The number of fused-ring (bicyclic) bond motifs is 4. The van der Waals surface area contributed by atoms with E-state index < -0.39 is 30.0 Å². The SMILES string of the molecule is Cn1c(=O)n(C2CCC(=O)NC2=O)c2cccc(C#COCC3CCN([C@H]4CC[C@H](n5cc(NC(=O)c6cnn7ccc(N8C[C@H]9C[C@@H]8CO9)nc67)c(C(F)F)n5)CC4)CC3)c21. The first-order valence-corrected chi connectivity index (χ1v) is 21.4. The van der Waals surface area contributed by atoms with E-state index in [2.05, 4.69) is 42.7 Å². The van der Waals surface area contributed by atoms with Crippen molar-refractivity contribution in [1.82, 2.24) is 43.7 Å². The van der Waals surface area contributed by atoms with Gasteiger partial charge in [-0.1, -0.05) is 6.07 Å². The van der Waals surface area contributed by atoms with Crippen molar-refractivity contribution in [2.45, 2.75) is 94.5 Å². The van der Waals surface area contributed by atoms with Crippen molar-refractivity contribution in [3.8, 4) is 12.0 Å². The molecule has 4 aromatic heterocycles. The molecule has 324 valence electrons. The monoisotopic (exact) mass is 851 g/mol. The number of morpholine rings is 1. The number of hydrogen-bond donors (Lipinski definition) is 2. The third-order valence-electron chi connectivity index (χ3n) is 13.4. The van der Waals surface area contributed by atoms with E-state index in [0.717, 1.165) is 70.4 Å². The summed E-state index contributed by atoms with van der Waals surface area (Å²) in [5, 5.41) is 13.6. The number of imidazole rings is 1. The largest absolute Gasteiger partial charge is 0.446 e. The van der Waals surface area contributed by atoms with E-state index >= 15 is 0 Å². The number of benzene rings is 1. The first kappa shape index (κ1) is 40.0. The van der Waals surface area contributed by atoms with E-state index in [9.17, 15) is 28.0 Å². The maximum atomic E-state index is 14.3. The Morgan fingerprint density at radius 1 is 1.05 bits per heavy atom. The summed E-state index contributed by atoms with van der Waals surface area (Å²) in [5.41, 5.74) is 1.49. The minimum absolute atomic E-state index is 0.0165. The number of aryl methyl sites for hydroxylation is 1. The van der Waals surface area contributed by atoms with Gasteiger partial charge in [0.15, 0.2) is 11.3 Å². The van der Waals surface area contributed by atoms with Gasteiger partial charge in [-0.15, -0.1) is 0 Å². The van der Waals surface area contributed by atoms with Crippen LogP contribution in [0.2, 0.25) is 0 Å². The quantitative estimate of drug-likeness (QED) is 0.162. The Bertz CT molecular complexity index is 2680. The number of likely N-dealkylation sites (tertiary alicyclic amines) is 1. The summed E-state index contributed by atoms with van der Waals surface area (Å²) in [6.07, 6.45) is 11.5. The number of hydrogen-bond acceptors (Lipinski definition) is 11. The van der Waals surface area contributed by atoms with Crippen LogP contribution in [0.15, 0.2) is 47.7 Å². The number of imide groups is 1. The molecule has 4 aliphatic heterocycles. The Morgan fingerprint density at radius 3 is 2.60 bits per heavy atom. The lowest BCUT2D eigenvalue weighted by atomic mass is 9.88. The Kier molecular flexibility index (Phi) is 10.5. The summed E-state index contributed by atoms with van der Waals surface area (Å²) < 4.78 is 46.2. The van der Waals surface area contributed by atoms with E-state index in [1.54, 1.807) is 30.1 Å². The fourth-order valence-corrected chi connectivity index (χ4v) is 10.1. The van der Waals surface area contributed by atoms with Crippen LogP contribution < -0.4 is 21.2 Å². The van der Waals surface area contributed by atoms with E-state index in [4.69, 9.17) is 14.5 Å². The summed E-state index contributed by atoms with van der Waals surface area (Å²) >= 11 is 0. The number of nitrogens with one attached hydrogen (secondary N) is 2. The molecule has 3 amide bonds. The molecule has 0 radical (unpaired) electrons. The Labute approximate surface area is 354 Å². The van der Waals surface area contributed by atoms with Gasteiger partial charge >= 0.3 is 5.69 Å². The second-order valence-corrected chi connectivity index (χ2v) is 17.1. The fourth-order valence-electron chi connectivity index (χ4n) is 10.1. The number of carbonyl (C=O) groups excluding carboxylic acids is 3. The zero-order valence-corrected chi connectivity index (χ0v) is 34.2. The van der Waals surface area contributed by atoms with E-state index in [0.29, 0.717) is 47.4 Å². The van der Waals surface area contributed by atoms with Gasteiger partial charge in [0.25, 0.3) is 12.3 Å². The number of nitrogens with zero attached hydrogens (tertiary/aromatic N) is 9. The summed E-state index contributed by atoms with van der Waals surface area (Å²) in [6, 6.07) is 7.02. The van der Waals surface area contributed by atoms with E-state index in [1.807, 2.05) is 12.1 Å². The lowest BCUT2D eigenvalue weighted by molar-refractivity contribution is -0.135. The maximum absolute atomic E-state index is 14.3. The molecule has 3 atom stereocenters. The highest BCUT2D eigenvalue weighted by Crippen LogP contribution is 2.36. The molecule has 19 heteroatoms. The second kappa shape index (κ2) is 16.3. The van der Waals surface area contributed by atoms with Crippen molar-refractivity contribution in [2.75, 3.05) is 43.1 Å². The van der Waals surface area contributed by atoms with Gasteiger partial charge in [0, 0.05) is 38.4 Å². The van der Waals surface area contributed by atoms with Crippen molar-refractivity contribution < 1.29 is 32.6 Å². The number of aromatic nitrogens is 7. The molecule has 4 saturated heterocycles. The topological polar surface area (TPSA) is 175 Å². The molecule has 1 aromatic carbocycles. The Morgan fingerprint density at radius 2 is 1.85 bits per heavy atom. The van der Waals surface area contributed by atoms with Crippen LogP contribution in [0, 0.1) is 17.9 Å². The number of alkyl halides is 2. The van der Waals surface area contributed by atoms with Crippen LogP contribution in [0.1, 0.15) is 97.9 Å². The van der Waals surface area contributed by atoms with Crippen molar-refractivity contribution in [3.63, 3.8) is 0 Å². The van der Waals surface area contributed by atoms with Gasteiger partial charge in [0.05, 0.1) is 53.3 Å². The standard InChI is InChI=1S/C43H47F2N11O6/c1-51-38-26(3-2-4-33(38)56(43(51)60)34-9-10-36(57)49-42(34)59)14-18-61-23-25-11-15-52(16-12-25)27-5-7-28(8-6-27)55-22-32(37(50-55)39(44)45)47-41(58)31-20-46-54-17-13-35(48-40(31)54)53-21-30-19-29(53)24-62-30/h2-4,13,17,20,22,25,27-30,34,39H,5-12,15-16,19,21,23-24H2,1H3,(H,47,58)(H,49,57,59)/t27-,28-,29-,30-,34?/m1/s1. The van der Waals surface area contributed by atoms with Crippen molar-refractivity contribution in [3.05, 3.63) is 70.2 Å². The molecular weight excluding hydrogens is 805 g/mol. The van der Waals surface area contributed by atoms with Crippen LogP contribution >= 0.6 is 0 Å². The summed E-state index contributed by atoms with van der Waals surface area (Å²) in [5.74, 6) is 2.73. The number of para-hydroxylation sites is 1. The molecule has 1 aliphatic carbocycles. The minimum atomic E-state index is -2.87. The number of carbonyl (C=O) groups is 3. The molecule has 8 heterocycles. The van der Waals surface area contributed by atoms with Gasteiger partial charge in [0.2, 0.25) is 11.8 Å². The van der Waals surface area contributed by atoms with Gasteiger partial charge in [-0.25, -0.2) is 23.1 Å². The lowest BCUT2D eigenvalue weighted by Gasteiger charge is -2.40. The molecule has 5 aliphatic rings. The van der Waals surface area contributed by atoms with Crippen LogP contribution in [-0.4, -0.2) is 107 Å². The molecule has 2 N–H and O–H groups in total. The zero-order valence-electron chi connectivity index (χ0n) is 34.2. The molecule has 1 saturated carbocycles. The molecule has 5 fully saturated rings. The number of ether oxygens (including phenoxy) is 2. The third-order valence-corrected chi connectivity index (χ3v) is 13.4. The minimum Gasteiger partial charge on any atom is -0.446 e. The van der Waals surface area contributed by atoms with Gasteiger partial charge in [-0.3, -0.25) is 33.5 Å². The van der Waals surface area contributed by atoms with Crippen LogP contribution in [0.5, 0.6) is 0 Å². The highest BCUT2D eigenvalue weighted by Gasteiger charge is 2.40. The van der Waals surface area contributed by atoms with Crippen molar-refractivity contribution in [2.24, 2.45) is 13.0 Å². The van der Waals surface area contributed by atoms with Gasteiger partial charge in [-0.2, -0.15) is 10.2 Å². The van der Waals surface area contributed by atoms with Gasteiger partial charge in [0.1, 0.15) is 30.1 Å². The van der Waals surface area contributed by atoms with Crippen molar-refractivity contribution in [1.29, 1.82) is 0 Å². The second-order valence-electron chi connectivity index (χ2n) is 17.1. The molecule has 2 bridgehead atoms. The van der Waals surface area contributed by atoms with E-state index in [1.165, 1.54) is 26.0 Å². The predicted octanol–water partition coefficient (Wildman–Crippen LogP) is 3.95. The normalized spacial score (nSPS) is 24.5. The average molecular weight is 852 g/mol. The third kappa shape index (κ3) is 7.38. The molecule has 62 heavy (non-hydrogen) atoms. The van der Waals surface area contributed by atoms with Crippen LogP contribution in [-0.2, 0) is 26.1 Å². The fraction of sp³-hybridized carbons (Fsp3) is 0.512. The highest BCUT2D eigenvalue weighted by atomic mass is 19.3. The Balaban J connectivity index is 0.720. The first-order valence-electron chi connectivity index (χ1n) is 21.4. The highest BCUT2D eigenvalue weighted by molar-refractivity contribution is 6.08. The average Bonchev–Trinajstić information content (AvgIpc) is 4.13. The van der Waals surface area contributed by atoms with Crippen molar-refractivity contribution >= 4 is 45.9 Å². The first-order chi connectivity index (χ1) is 30.1. The number of piperidine rings is 2. The van der Waals surface area contributed by atoms with Gasteiger partial charge in [-0.05, 0) is 94.5 Å². The number of rotatable bonds is 9. The van der Waals surface area contributed by atoms with Gasteiger partial charge < -0.3 is 24.6 Å². The Hall–Kier alpha value is -6.13. The van der Waals surface area contributed by atoms with Crippen LogP contribution in [0.4, 0.5) is 20.3 Å². The van der Waals surface area contributed by atoms with E-state index in [-0.39, 0.29) is 53.9 Å². The molecular formula is C43H47F2N11O6. The predicted molar refractivity (Wildman–Crippen MR) is 221 cm³/mol. The summed E-state index contributed by atoms with van der Waals surface area (Å²) in [7, 11) is 1.64. The zero-order chi connectivity index (χ0) is 42.6. The lowest BCUT2D eigenvalue weighted by Crippen LogP contribution is -2.44. The van der Waals surface area contributed by atoms with Crippen LogP contribution in [0.25, 0.3) is 16.7 Å². The number of amides is 3. The smallest absolute Gasteiger partial charge is 0.329 e. The number of anilines is 2. The maximum Gasteiger partial charge on any atom is 0.329 e. The number of halogens is 2. The summed E-state index contributed by atoms with van der Waals surface area (Å²) in [6.45, 7) is 3.70.